The van der Waals surface area contributed by atoms with Gasteiger partial charge in [-0.1, -0.05) is 30.3 Å². The molecule has 1 aliphatic heterocycles. The van der Waals surface area contributed by atoms with Crippen LogP contribution in [0.2, 0.25) is 0 Å². The second kappa shape index (κ2) is 7.79. The van der Waals surface area contributed by atoms with Crippen LogP contribution in [0.15, 0.2) is 60.7 Å². The van der Waals surface area contributed by atoms with Crippen LogP contribution in [0.4, 0.5) is 30.2 Å². The van der Waals surface area contributed by atoms with Crippen molar-refractivity contribution >= 4 is 17.1 Å². The van der Waals surface area contributed by atoms with E-state index in [1.807, 2.05) is 42.5 Å². The summed E-state index contributed by atoms with van der Waals surface area (Å²) in [6.45, 7) is 1.59. The number of nitrogens with one attached hydrogen (secondary N) is 2. The van der Waals surface area contributed by atoms with Crippen LogP contribution in [0.3, 0.4) is 0 Å². The lowest BCUT2D eigenvalue weighted by Gasteiger charge is -2.23. The summed E-state index contributed by atoms with van der Waals surface area (Å²) in [6, 6.07) is 17.2. The predicted molar refractivity (Wildman–Crippen MR) is 110 cm³/mol. The number of nitrogens with two attached hydrogens (primary N) is 1. The Bertz CT molecular complexity index is 1010. The molecule has 1 aliphatic rings. The van der Waals surface area contributed by atoms with E-state index in [1.165, 1.54) is 12.1 Å². The summed E-state index contributed by atoms with van der Waals surface area (Å²) in [5.74, 6) is 0. The quantitative estimate of drug-likeness (QED) is 0.526. The Labute approximate surface area is 167 Å². The topological polar surface area (TPSA) is 50.1 Å². The van der Waals surface area contributed by atoms with Crippen LogP contribution in [0.25, 0.3) is 0 Å². The van der Waals surface area contributed by atoms with Gasteiger partial charge in [-0.15, -0.1) is 0 Å². The van der Waals surface area contributed by atoms with Crippen LogP contribution in [0.5, 0.6) is 0 Å². The maximum Gasteiger partial charge on any atom is 0.416 e. The average Bonchev–Trinajstić information content (AvgIpc) is 2.69. The first-order valence-corrected chi connectivity index (χ1v) is 9.53. The highest BCUT2D eigenvalue weighted by Crippen LogP contribution is 2.35. The highest BCUT2D eigenvalue weighted by Gasteiger charge is 2.31. The Morgan fingerprint density at radius 2 is 1.76 bits per heavy atom. The maximum absolute atomic E-state index is 13.3. The first-order valence-electron chi connectivity index (χ1n) is 9.53. The van der Waals surface area contributed by atoms with Crippen molar-refractivity contribution in [1.29, 1.82) is 0 Å². The van der Waals surface area contributed by atoms with Gasteiger partial charge in [-0.2, -0.15) is 13.2 Å². The number of rotatable bonds is 4. The Morgan fingerprint density at radius 3 is 2.52 bits per heavy atom. The highest BCUT2D eigenvalue weighted by atomic mass is 19.4. The molecule has 0 aliphatic carbocycles. The van der Waals surface area contributed by atoms with Crippen molar-refractivity contribution in [2.45, 2.75) is 25.6 Å². The molecule has 4 rings (SSSR count). The fourth-order valence-corrected chi connectivity index (χ4v) is 3.76. The third-order valence-corrected chi connectivity index (χ3v) is 5.17. The molecule has 0 fully saturated rings. The summed E-state index contributed by atoms with van der Waals surface area (Å²) in [4.78, 5) is 0. The molecule has 0 bridgehead atoms. The van der Waals surface area contributed by atoms with Crippen LogP contribution in [0, 0.1) is 0 Å². The van der Waals surface area contributed by atoms with E-state index in [4.69, 9.17) is 5.73 Å². The average molecular weight is 397 g/mol. The molecular formula is C23H22F3N3. The zero-order chi connectivity index (χ0) is 20.4. The number of anilines is 3. The second-order valence-corrected chi connectivity index (χ2v) is 7.29. The molecule has 0 radical (unpaired) electrons. The minimum atomic E-state index is -4.38. The predicted octanol–water partition coefficient (Wildman–Crippen LogP) is 5.27. The zero-order valence-corrected chi connectivity index (χ0v) is 15.8. The normalized spacial score (nSPS) is 13.8. The fourth-order valence-electron chi connectivity index (χ4n) is 3.76. The molecule has 0 saturated heterocycles. The summed E-state index contributed by atoms with van der Waals surface area (Å²) < 4.78 is 39.9. The fraction of sp³-hybridized carbons (Fsp3) is 0.217. The van der Waals surface area contributed by atoms with Crippen molar-refractivity contribution in [2.75, 3.05) is 17.6 Å². The standard InChI is InChI=1S/C23H22F3N3/c24-23(25,26)18-6-7-21(16(11-18)10-15-4-2-1-3-5-15)29-22-13-19(27)12-17-14-28-9-8-20(17)22/h1-7,11-13,28-29H,8-10,14,27H2. The molecule has 1 heterocycles. The number of hydrogen-bond donors (Lipinski definition) is 3. The van der Waals surface area contributed by atoms with E-state index in [0.717, 1.165) is 48.0 Å². The molecular weight excluding hydrogens is 375 g/mol. The summed E-state index contributed by atoms with van der Waals surface area (Å²) in [7, 11) is 0. The number of hydrogen-bond acceptors (Lipinski definition) is 3. The third-order valence-electron chi connectivity index (χ3n) is 5.17. The van der Waals surface area contributed by atoms with Crippen molar-refractivity contribution < 1.29 is 13.2 Å². The van der Waals surface area contributed by atoms with Gasteiger partial charge >= 0.3 is 6.18 Å². The van der Waals surface area contributed by atoms with Crippen molar-refractivity contribution in [1.82, 2.24) is 5.32 Å². The van der Waals surface area contributed by atoms with Crippen molar-refractivity contribution in [3.05, 3.63) is 88.5 Å². The van der Waals surface area contributed by atoms with Gasteiger partial charge < -0.3 is 16.4 Å². The Hall–Kier alpha value is -2.99. The zero-order valence-electron chi connectivity index (χ0n) is 15.8. The van der Waals surface area contributed by atoms with Crippen LogP contribution in [-0.2, 0) is 25.6 Å². The first kappa shape index (κ1) is 19.3. The lowest BCUT2D eigenvalue weighted by atomic mass is 9.96. The van der Waals surface area contributed by atoms with E-state index in [1.54, 1.807) is 0 Å². The van der Waals surface area contributed by atoms with E-state index in [0.29, 0.717) is 23.4 Å². The minimum absolute atomic E-state index is 0.402. The van der Waals surface area contributed by atoms with Gasteiger partial charge in [-0.05, 0) is 72.0 Å². The lowest BCUT2D eigenvalue weighted by molar-refractivity contribution is -0.137. The van der Waals surface area contributed by atoms with E-state index >= 15 is 0 Å². The molecule has 0 unspecified atom stereocenters. The first-order chi connectivity index (χ1) is 13.9. The summed E-state index contributed by atoms with van der Waals surface area (Å²) in [5, 5.41) is 6.68. The molecule has 6 heteroatoms. The van der Waals surface area contributed by atoms with Gasteiger partial charge in [0.25, 0.3) is 0 Å². The van der Waals surface area contributed by atoms with Crippen molar-refractivity contribution in [2.24, 2.45) is 0 Å². The van der Waals surface area contributed by atoms with E-state index in [9.17, 15) is 13.2 Å². The largest absolute Gasteiger partial charge is 0.416 e. The number of fused-ring (bicyclic) bond motifs is 1. The highest BCUT2D eigenvalue weighted by molar-refractivity contribution is 5.72. The molecule has 4 N–H and O–H groups in total. The van der Waals surface area contributed by atoms with Gasteiger partial charge in [0.1, 0.15) is 0 Å². The summed E-state index contributed by atoms with van der Waals surface area (Å²) >= 11 is 0. The molecule has 0 spiro atoms. The van der Waals surface area contributed by atoms with Crippen LogP contribution in [-0.4, -0.2) is 6.54 Å². The van der Waals surface area contributed by atoms with Crippen molar-refractivity contribution in [3.63, 3.8) is 0 Å². The SMILES string of the molecule is Nc1cc2c(c(Nc3ccc(C(F)(F)F)cc3Cc3ccccc3)c1)CCNC2. The molecule has 3 aromatic rings. The molecule has 150 valence electrons. The monoisotopic (exact) mass is 397 g/mol. The molecule has 3 aromatic carbocycles. The summed E-state index contributed by atoms with van der Waals surface area (Å²) in [5.41, 5.74) is 11.4. The molecule has 29 heavy (non-hydrogen) atoms. The Kier molecular flexibility index (Phi) is 5.20. The maximum atomic E-state index is 13.3. The molecule has 3 nitrogen and oxygen atoms in total. The van der Waals surface area contributed by atoms with Gasteiger partial charge in [0.05, 0.1) is 5.56 Å². The minimum Gasteiger partial charge on any atom is -0.399 e. The van der Waals surface area contributed by atoms with Gasteiger partial charge in [0.2, 0.25) is 0 Å². The molecule has 0 saturated carbocycles. The number of halogens is 3. The van der Waals surface area contributed by atoms with Gasteiger partial charge in [0, 0.05) is 23.6 Å². The van der Waals surface area contributed by atoms with Crippen LogP contribution >= 0.6 is 0 Å². The van der Waals surface area contributed by atoms with Crippen LogP contribution < -0.4 is 16.4 Å². The Balaban J connectivity index is 1.74. The number of benzene rings is 3. The second-order valence-electron chi connectivity index (χ2n) is 7.29. The molecule has 0 aromatic heterocycles. The molecule has 0 atom stereocenters. The molecule has 0 amide bonds. The van der Waals surface area contributed by atoms with E-state index in [2.05, 4.69) is 10.6 Å². The van der Waals surface area contributed by atoms with Crippen molar-refractivity contribution in [3.8, 4) is 0 Å². The van der Waals surface area contributed by atoms with Gasteiger partial charge in [-0.25, -0.2) is 0 Å². The van der Waals surface area contributed by atoms with Gasteiger partial charge in [0.15, 0.2) is 0 Å². The van der Waals surface area contributed by atoms with Gasteiger partial charge in [-0.3, -0.25) is 0 Å². The lowest BCUT2D eigenvalue weighted by Crippen LogP contribution is -2.24. The van der Waals surface area contributed by atoms with E-state index in [-0.39, 0.29) is 0 Å². The summed E-state index contributed by atoms with van der Waals surface area (Å²) in [6.07, 6.45) is -3.14. The number of alkyl halides is 3. The number of nitrogen functional groups attached to an aromatic ring is 1. The third kappa shape index (κ3) is 4.38. The smallest absolute Gasteiger partial charge is 0.399 e. The van der Waals surface area contributed by atoms with Crippen LogP contribution in [0.1, 0.15) is 27.8 Å². The Morgan fingerprint density at radius 1 is 0.966 bits per heavy atom. The van der Waals surface area contributed by atoms with E-state index < -0.39 is 11.7 Å².